The van der Waals surface area contributed by atoms with Crippen LogP contribution in [0.4, 0.5) is 0 Å². The van der Waals surface area contributed by atoms with Crippen LogP contribution in [0.25, 0.3) is 0 Å². The maximum Gasteiger partial charge on any atom is 0.220 e. The molecule has 1 N–H and O–H groups in total. The van der Waals surface area contributed by atoms with E-state index in [0.29, 0.717) is 12.3 Å². The highest BCUT2D eigenvalue weighted by molar-refractivity contribution is 7.11. The monoisotopic (exact) mass is 274 g/mol. The Labute approximate surface area is 112 Å². The van der Waals surface area contributed by atoms with Crippen molar-refractivity contribution >= 4 is 28.8 Å². The van der Waals surface area contributed by atoms with Crippen LogP contribution in [0, 0.1) is 13.8 Å². The van der Waals surface area contributed by atoms with Gasteiger partial charge in [-0.05, 0) is 33.6 Å². The number of hydrogen-bond donors (Lipinski definition) is 1. The van der Waals surface area contributed by atoms with E-state index >= 15 is 0 Å². The predicted molar refractivity (Wildman–Crippen MR) is 72.7 cm³/mol. The maximum absolute atomic E-state index is 11.6. The highest BCUT2D eigenvalue weighted by atomic mass is 35.5. The highest BCUT2D eigenvalue weighted by Gasteiger charge is 2.14. The van der Waals surface area contributed by atoms with Gasteiger partial charge in [0.15, 0.2) is 0 Å². The number of hydrogen-bond acceptors (Lipinski definition) is 3. The summed E-state index contributed by atoms with van der Waals surface area (Å²) >= 11 is 7.22. The molecule has 96 valence electrons. The molecule has 3 nitrogen and oxygen atoms in total. The van der Waals surface area contributed by atoms with Gasteiger partial charge in [0.1, 0.15) is 0 Å². The summed E-state index contributed by atoms with van der Waals surface area (Å²) < 4.78 is 0. The molecule has 0 radical (unpaired) electrons. The Morgan fingerprint density at radius 1 is 1.47 bits per heavy atom. The summed E-state index contributed by atoms with van der Waals surface area (Å²) in [6.07, 6.45) is 2.29. The molecule has 1 unspecified atom stereocenters. The summed E-state index contributed by atoms with van der Waals surface area (Å²) in [5.41, 5.74) is 1.01. The third kappa shape index (κ3) is 4.64. The average Bonchev–Trinajstić information content (AvgIpc) is 2.58. The Morgan fingerprint density at radius 3 is 2.71 bits per heavy atom. The largest absolute Gasteiger partial charge is 0.349 e. The van der Waals surface area contributed by atoms with E-state index in [4.69, 9.17) is 11.6 Å². The summed E-state index contributed by atoms with van der Waals surface area (Å²) in [5, 5.41) is 4.04. The molecular weight excluding hydrogens is 256 g/mol. The minimum Gasteiger partial charge on any atom is -0.349 e. The fraction of sp³-hybridized carbons (Fsp3) is 0.667. The number of carbonyl (C=O) groups excluding carboxylic acids is 1. The number of halogens is 1. The van der Waals surface area contributed by atoms with Crippen molar-refractivity contribution in [2.75, 3.05) is 5.88 Å². The number of aromatic nitrogens is 1. The van der Waals surface area contributed by atoms with Crippen LogP contribution in [0.1, 0.15) is 47.8 Å². The van der Waals surface area contributed by atoms with E-state index in [-0.39, 0.29) is 11.9 Å². The smallest absolute Gasteiger partial charge is 0.220 e. The molecule has 1 aromatic heterocycles. The second-order valence-electron chi connectivity index (χ2n) is 4.12. The van der Waals surface area contributed by atoms with E-state index in [0.717, 1.165) is 28.4 Å². The first-order valence-corrected chi connectivity index (χ1v) is 7.19. The number of aryl methyl sites for hydroxylation is 2. The van der Waals surface area contributed by atoms with Crippen LogP contribution in [0.5, 0.6) is 0 Å². The molecule has 0 saturated carbocycles. The van der Waals surface area contributed by atoms with Gasteiger partial charge in [-0.15, -0.1) is 22.9 Å². The average molecular weight is 275 g/mol. The number of amides is 1. The molecule has 0 bridgehead atoms. The first-order chi connectivity index (χ1) is 8.04. The van der Waals surface area contributed by atoms with Gasteiger partial charge in [-0.1, -0.05) is 0 Å². The van der Waals surface area contributed by atoms with Crippen molar-refractivity contribution in [3.8, 4) is 0 Å². The molecule has 0 aliphatic rings. The van der Waals surface area contributed by atoms with E-state index in [9.17, 15) is 4.79 Å². The van der Waals surface area contributed by atoms with E-state index in [1.165, 1.54) is 0 Å². The standard InChI is InChI=1S/C12H19ClN2OS/c1-8-12(17-10(3)14-8)9(2)15-11(16)6-4-5-7-13/h9H,4-7H2,1-3H3,(H,15,16). The van der Waals surface area contributed by atoms with Gasteiger partial charge in [0.05, 0.1) is 16.7 Å². The number of nitrogens with zero attached hydrogens (tertiary/aromatic N) is 1. The minimum atomic E-state index is 0.0460. The Morgan fingerprint density at radius 2 is 2.18 bits per heavy atom. The first-order valence-electron chi connectivity index (χ1n) is 5.84. The van der Waals surface area contributed by atoms with Crippen molar-refractivity contribution in [1.82, 2.24) is 10.3 Å². The fourth-order valence-corrected chi connectivity index (χ4v) is 2.83. The Kier molecular flexibility index (Phi) is 5.92. The van der Waals surface area contributed by atoms with Gasteiger partial charge in [0.2, 0.25) is 5.91 Å². The molecule has 0 fully saturated rings. The van der Waals surface area contributed by atoms with Gasteiger partial charge in [-0.3, -0.25) is 4.79 Å². The number of carbonyl (C=O) groups is 1. The van der Waals surface area contributed by atoms with Gasteiger partial charge < -0.3 is 5.32 Å². The molecule has 17 heavy (non-hydrogen) atoms. The topological polar surface area (TPSA) is 42.0 Å². The molecule has 0 aliphatic carbocycles. The SMILES string of the molecule is Cc1nc(C)c(C(C)NC(=O)CCCCCl)s1. The Bertz CT molecular complexity index is 379. The van der Waals surface area contributed by atoms with Crippen molar-refractivity contribution in [3.63, 3.8) is 0 Å². The van der Waals surface area contributed by atoms with Crippen LogP contribution in [0.15, 0.2) is 0 Å². The van der Waals surface area contributed by atoms with Gasteiger partial charge in [-0.25, -0.2) is 4.98 Å². The molecule has 1 amide bonds. The zero-order valence-corrected chi connectivity index (χ0v) is 12.1. The molecule has 1 heterocycles. The molecule has 1 rings (SSSR count). The number of thiazole rings is 1. The lowest BCUT2D eigenvalue weighted by atomic mass is 10.2. The van der Waals surface area contributed by atoms with Crippen LogP contribution < -0.4 is 5.32 Å². The van der Waals surface area contributed by atoms with Crippen molar-refractivity contribution in [2.45, 2.75) is 46.1 Å². The second kappa shape index (κ2) is 6.97. The van der Waals surface area contributed by atoms with E-state index in [1.807, 2.05) is 20.8 Å². The third-order valence-electron chi connectivity index (χ3n) is 2.50. The van der Waals surface area contributed by atoms with Crippen molar-refractivity contribution in [3.05, 3.63) is 15.6 Å². The molecule has 0 aromatic carbocycles. The van der Waals surface area contributed by atoms with Gasteiger partial charge in [-0.2, -0.15) is 0 Å². The van der Waals surface area contributed by atoms with Crippen molar-refractivity contribution in [2.24, 2.45) is 0 Å². The molecule has 0 aliphatic heterocycles. The van der Waals surface area contributed by atoms with Gasteiger partial charge >= 0.3 is 0 Å². The molecule has 1 aromatic rings. The molecule has 0 spiro atoms. The quantitative estimate of drug-likeness (QED) is 0.638. The zero-order chi connectivity index (χ0) is 12.8. The van der Waals surface area contributed by atoms with Crippen molar-refractivity contribution < 1.29 is 4.79 Å². The van der Waals surface area contributed by atoms with Crippen LogP contribution in [0.2, 0.25) is 0 Å². The van der Waals surface area contributed by atoms with Crippen LogP contribution in [-0.4, -0.2) is 16.8 Å². The number of alkyl halides is 1. The number of unbranched alkanes of at least 4 members (excludes halogenated alkanes) is 1. The number of nitrogens with one attached hydrogen (secondary N) is 1. The summed E-state index contributed by atoms with van der Waals surface area (Å²) in [7, 11) is 0. The molecule has 1 atom stereocenters. The Hall–Kier alpha value is -0.610. The lowest BCUT2D eigenvalue weighted by Crippen LogP contribution is -2.26. The predicted octanol–water partition coefficient (Wildman–Crippen LogP) is 3.35. The van der Waals surface area contributed by atoms with E-state index < -0.39 is 0 Å². The van der Waals surface area contributed by atoms with Crippen LogP contribution in [-0.2, 0) is 4.79 Å². The van der Waals surface area contributed by atoms with Crippen LogP contribution >= 0.6 is 22.9 Å². The normalized spacial score (nSPS) is 12.5. The highest BCUT2D eigenvalue weighted by Crippen LogP contribution is 2.24. The van der Waals surface area contributed by atoms with Gasteiger partial charge in [0, 0.05) is 17.2 Å². The maximum atomic E-state index is 11.6. The third-order valence-corrected chi connectivity index (χ3v) is 4.02. The molecule has 0 saturated heterocycles. The Balaban J connectivity index is 2.46. The van der Waals surface area contributed by atoms with E-state index in [1.54, 1.807) is 11.3 Å². The molecule has 5 heteroatoms. The lowest BCUT2D eigenvalue weighted by molar-refractivity contribution is -0.121. The lowest BCUT2D eigenvalue weighted by Gasteiger charge is -2.12. The molecular formula is C12H19ClN2OS. The minimum absolute atomic E-state index is 0.0460. The summed E-state index contributed by atoms with van der Waals surface area (Å²) in [6.45, 7) is 5.96. The van der Waals surface area contributed by atoms with Crippen LogP contribution in [0.3, 0.4) is 0 Å². The summed E-state index contributed by atoms with van der Waals surface area (Å²) in [6, 6.07) is 0.0460. The zero-order valence-electron chi connectivity index (χ0n) is 10.5. The van der Waals surface area contributed by atoms with Crippen molar-refractivity contribution in [1.29, 1.82) is 0 Å². The first kappa shape index (κ1) is 14.5. The van der Waals surface area contributed by atoms with Gasteiger partial charge in [0.25, 0.3) is 0 Å². The summed E-state index contributed by atoms with van der Waals surface area (Å²) in [5.74, 6) is 0.712. The second-order valence-corrected chi connectivity index (χ2v) is 5.73. The fourth-order valence-electron chi connectivity index (χ4n) is 1.71. The van der Waals surface area contributed by atoms with E-state index in [2.05, 4.69) is 10.3 Å². The number of rotatable bonds is 6. The summed E-state index contributed by atoms with van der Waals surface area (Å²) in [4.78, 5) is 17.2.